The van der Waals surface area contributed by atoms with Crippen LogP contribution in [-0.4, -0.2) is 55.8 Å². The van der Waals surface area contributed by atoms with E-state index in [1.165, 1.54) is 13.2 Å². The van der Waals surface area contributed by atoms with Gasteiger partial charge in [-0.1, -0.05) is 42.5 Å². The number of hydrogen-bond acceptors (Lipinski definition) is 9. The van der Waals surface area contributed by atoms with Crippen LogP contribution < -0.4 is 29.3 Å². The number of nitro groups is 1. The van der Waals surface area contributed by atoms with Gasteiger partial charge in [0.15, 0.2) is 11.5 Å². The third-order valence-corrected chi connectivity index (χ3v) is 10.9. The molecule has 0 saturated heterocycles. The molecule has 0 saturated carbocycles. The van der Waals surface area contributed by atoms with Crippen molar-refractivity contribution in [2.45, 2.75) is 44.4 Å². The number of nitrogens with one attached hydrogen (secondary N) is 1. The van der Waals surface area contributed by atoms with E-state index in [0.717, 1.165) is 40.0 Å². The Morgan fingerprint density at radius 2 is 1.47 bits per heavy atom. The van der Waals surface area contributed by atoms with Gasteiger partial charge in [0.2, 0.25) is 0 Å². The minimum atomic E-state index is -0.413. The average molecular weight is 736 g/mol. The van der Waals surface area contributed by atoms with Crippen LogP contribution in [0.25, 0.3) is 0 Å². The number of fused-ring (bicyclic) bond motifs is 8. The van der Waals surface area contributed by atoms with Gasteiger partial charge in [0.25, 0.3) is 17.5 Å². The van der Waals surface area contributed by atoms with Crippen molar-refractivity contribution in [1.82, 2.24) is 0 Å². The van der Waals surface area contributed by atoms with Gasteiger partial charge in [0.1, 0.15) is 12.4 Å². The van der Waals surface area contributed by atoms with E-state index in [4.69, 9.17) is 19.2 Å². The Bertz CT molecular complexity index is 2450. The van der Waals surface area contributed by atoms with Crippen LogP contribution in [0.5, 0.6) is 17.2 Å². The quantitative estimate of drug-likeness (QED) is 0.124. The lowest BCUT2D eigenvalue weighted by atomic mass is 9.99. The van der Waals surface area contributed by atoms with Crippen LogP contribution in [-0.2, 0) is 32.3 Å². The summed E-state index contributed by atoms with van der Waals surface area (Å²) < 4.78 is 17.7. The van der Waals surface area contributed by atoms with Crippen molar-refractivity contribution >= 4 is 46.5 Å². The second-order valence-corrected chi connectivity index (χ2v) is 14.2. The molecule has 4 aliphatic rings. The molecule has 5 aromatic carbocycles. The number of carbonyl (C=O) groups is 2. The highest BCUT2D eigenvalue weighted by atomic mass is 16.6. The second-order valence-electron chi connectivity index (χ2n) is 14.2. The molecule has 2 atom stereocenters. The molecule has 12 nitrogen and oxygen atoms in total. The maximum atomic E-state index is 13.9. The molecule has 0 aliphatic carbocycles. The van der Waals surface area contributed by atoms with Gasteiger partial charge >= 0.3 is 0 Å². The number of benzene rings is 5. The Labute approximate surface area is 317 Å². The number of nitrogens with zero attached hydrogens (tertiary/aromatic N) is 4. The first kappa shape index (κ1) is 34.1. The van der Waals surface area contributed by atoms with Crippen molar-refractivity contribution in [3.63, 3.8) is 0 Å². The number of aliphatic imine (C=N–C) groups is 1. The van der Waals surface area contributed by atoms with Crippen molar-refractivity contribution in [3.05, 3.63) is 140 Å². The van der Waals surface area contributed by atoms with Crippen LogP contribution >= 0.6 is 0 Å². The van der Waals surface area contributed by atoms with Gasteiger partial charge in [0.05, 0.1) is 53.7 Å². The number of rotatable bonds is 9. The predicted octanol–water partition coefficient (Wildman–Crippen LogP) is 7.26. The summed E-state index contributed by atoms with van der Waals surface area (Å²) in [6.45, 7) is 0.596. The zero-order valence-electron chi connectivity index (χ0n) is 30.3. The summed E-state index contributed by atoms with van der Waals surface area (Å²) >= 11 is 0. The zero-order chi connectivity index (χ0) is 37.8. The number of non-ortho nitro benzene ring substituents is 1. The van der Waals surface area contributed by atoms with Gasteiger partial charge in [0, 0.05) is 48.8 Å². The van der Waals surface area contributed by atoms with E-state index in [0.29, 0.717) is 71.1 Å². The van der Waals surface area contributed by atoms with Crippen molar-refractivity contribution in [2.24, 2.45) is 4.99 Å². The third-order valence-electron chi connectivity index (χ3n) is 10.9. The summed E-state index contributed by atoms with van der Waals surface area (Å²) in [5, 5.41) is 15.5. The minimum Gasteiger partial charge on any atom is -0.496 e. The molecule has 4 aliphatic heterocycles. The number of para-hydroxylation sites is 2. The molecular formula is C43H37N5O7. The maximum Gasteiger partial charge on any atom is 0.270 e. The lowest BCUT2D eigenvalue weighted by molar-refractivity contribution is -0.385. The van der Waals surface area contributed by atoms with E-state index >= 15 is 0 Å². The first-order chi connectivity index (χ1) is 26.8. The molecular weight excluding hydrogens is 699 g/mol. The van der Waals surface area contributed by atoms with Crippen LogP contribution in [0.2, 0.25) is 0 Å². The summed E-state index contributed by atoms with van der Waals surface area (Å²) in [6, 6.07) is 27.7. The van der Waals surface area contributed by atoms with Crippen LogP contribution in [0.4, 0.5) is 28.4 Å². The van der Waals surface area contributed by atoms with Crippen molar-refractivity contribution in [1.29, 1.82) is 0 Å². The standard InChI is InChI=1S/C43H37N5O7/c1-53-39-19-33-35(44-22-31-16-27-7-3-5-9-37(27)46(31)42(33)49)18-29(39)12-11-25-13-26(15-30(14-25)48(51)52)24-55-41-21-36-34(20-40(41)54-2)43(50)47-32(23-45-36)17-28-8-4-6-10-38(28)47/h3-10,13-15,18-22,31-32,45H,11-12,16-17,23-24H2,1-2H3/t31-,32-/m0/s1. The summed E-state index contributed by atoms with van der Waals surface area (Å²) in [5.74, 6) is 1.10. The van der Waals surface area contributed by atoms with E-state index in [2.05, 4.69) is 11.4 Å². The fourth-order valence-electron chi connectivity index (χ4n) is 8.29. The normalized spacial score (nSPS) is 17.5. The van der Waals surface area contributed by atoms with Gasteiger partial charge in [-0.05, 0) is 77.4 Å². The Morgan fingerprint density at radius 3 is 2.24 bits per heavy atom. The topological polar surface area (TPSA) is 136 Å². The monoisotopic (exact) mass is 735 g/mol. The van der Waals surface area contributed by atoms with E-state index in [9.17, 15) is 19.7 Å². The molecule has 9 rings (SSSR count). The van der Waals surface area contributed by atoms with Crippen LogP contribution in [0, 0.1) is 10.1 Å². The molecule has 276 valence electrons. The number of nitro benzene ring substituents is 1. The van der Waals surface area contributed by atoms with Gasteiger partial charge in [-0.2, -0.15) is 0 Å². The highest BCUT2D eigenvalue weighted by Gasteiger charge is 2.38. The van der Waals surface area contributed by atoms with Gasteiger partial charge < -0.3 is 24.4 Å². The largest absolute Gasteiger partial charge is 0.496 e. The number of hydrogen-bond donors (Lipinski definition) is 1. The summed E-state index contributed by atoms with van der Waals surface area (Å²) in [7, 11) is 3.08. The fraction of sp³-hybridized carbons (Fsp3) is 0.233. The number of methoxy groups -OCH3 is 2. The molecule has 2 amide bonds. The molecule has 12 heteroatoms. The number of ether oxygens (including phenoxy) is 3. The number of aryl methyl sites for hydroxylation is 2. The summed E-state index contributed by atoms with van der Waals surface area (Å²) in [5.41, 5.74) is 8.34. The minimum absolute atomic E-state index is 0.0205. The first-order valence-corrected chi connectivity index (χ1v) is 18.2. The van der Waals surface area contributed by atoms with Crippen molar-refractivity contribution < 1.29 is 28.7 Å². The Hall–Kier alpha value is -6.69. The molecule has 0 aromatic heterocycles. The van der Waals surface area contributed by atoms with E-state index in [1.54, 1.807) is 36.3 Å². The Kier molecular flexibility index (Phi) is 8.44. The first-order valence-electron chi connectivity index (χ1n) is 18.2. The number of carbonyl (C=O) groups excluding carboxylic acids is 2. The highest BCUT2D eigenvalue weighted by molar-refractivity contribution is 6.15. The maximum absolute atomic E-state index is 13.9. The van der Waals surface area contributed by atoms with Gasteiger partial charge in [-0.3, -0.25) is 29.6 Å². The molecule has 5 aromatic rings. The average Bonchev–Trinajstić information content (AvgIpc) is 3.70. The van der Waals surface area contributed by atoms with Crippen LogP contribution in [0.1, 0.15) is 48.5 Å². The van der Waals surface area contributed by atoms with Crippen molar-refractivity contribution in [3.8, 4) is 17.2 Å². The highest BCUT2D eigenvalue weighted by Crippen LogP contribution is 2.42. The number of anilines is 3. The zero-order valence-corrected chi connectivity index (χ0v) is 30.3. The molecule has 4 heterocycles. The molecule has 0 bridgehead atoms. The molecule has 0 fully saturated rings. The lowest BCUT2D eigenvalue weighted by Gasteiger charge is -2.22. The fourth-order valence-corrected chi connectivity index (χ4v) is 8.29. The van der Waals surface area contributed by atoms with Gasteiger partial charge in [-0.25, -0.2) is 0 Å². The molecule has 0 spiro atoms. The predicted molar refractivity (Wildman–Crippen MR) is 209 cm³/mol. The number of amides is 2. The van der Waals surface area contributed by atoms with Crippen LogP contribution in [0.15, 0.2) is 96.0 Å². The van der Waals surface area contributed by atoms with E-state index in [-0.39, 0.29) is 36.2 Å². The SMILES string of the molecule is COc1cc2c(cc1CCc1cc(COc3cc4c(cc3OC)C(=O)N3c5ccccc5C[C@H]3CN4)cc([N+](=O)[O-])c1)N=C[C@@H]1Cc3ccccc3N1C2=O. The molecule has 55 heavy (non-hydrogen) atoms. The molecule has 0 unspecified atom stereocenters. The lowest BCUT2D eigenvalue weighted by Crippen LogP contribution is -2.39. The second kappa shape index (κ2) is 13.6. The van der Waals surface area contributed by atoms with E-state index in [1.807, 2.05) is 65.7 Å². The summed E-state index contributed by atoms with van der Waals surface area (Å²) in [4.78, 5) is 47.8. The molecule has 1 N–H and O–H groups in total. The molecule has 0 radical (unpaired) electrons. The third kappa shape index (κ3) is 5.99. The van der Waals surface area contributed by atoms with E-state index < -0.39 is 4.92 Å². The van der Waals surface area contributed by atoms with Crippen LogP contribution in [0.3, 0.4) is 0 Å². The van der Waals surface area contributed by atoms with Crippen molar-refractivity contribution in [2.75, 3.05) is 35.9 Å². The Morgan fingerprint density at radius 1 is 0.782 bits per heavy atom. The summed E-state index contributed by atoms with van der Waals surface area (Å²) in [6.07, 6.45) is 4.24. The van der Waals surface area contributed by atoms with Gasteiger partial charge in [-0.15, -0.1) is 0 Å². The Balaban J connectivity index is 0.946. The smallest absolute Gasteiger partial charge is 0.270 e.